The first-order chi connectivity index (χ1) is 21.5. The first kappa shape index (κ1) is 32.9. The van der Waals surface area contributed by atoms with Gasteiger partial charge in [-0.25, -0.2) is 0 Å². The van der Waals surface area contributed by atoms with Crippen LogP contribution < -0.4 is 5.32 Å². The number of carbonyl (C=O) groups is 4. The van der Waals surface area contributed by atoms with Gasteiger partial charge >= 0.3 is 5.97 Å². The SMILES string of the molecule is C[C@H]1NC(=O)CC/C=C\CN(C(C)(C)C)C(=O)[C@@H]2N(CCCCCCO)C(=O)[C@H]3[C@H](C(=O)O[C@@H]1c1ccccc1)[C@@H]1C=C[C@]23O1. The maximum atomic E-state index is 14.6. The summed E-state index contributed by atoms with van der Waals surface area (Å²) in [6, 6.07) is 7.78. The molecule has 0 radical (unpaired) electrons. The van der Waals surface area contributed by atoms with E-state index in [4.69, 9.17) is 9.47 Å². The van der Waals surface area contributed by atoms with Crippen LogP contribution >= 0.6 is 0 Å². The Labute approximate surface area is 265 Å². The van der Waals surface area contributed by atoms with E-state index in [0.717, 1.165) is 18.4 Å². The van der Waals surface area contributed by atoms with Gasteiger partial charge in [-0.1, -0.05) is 67.5 Å². The molecule has 0 unspecified atom stereocenters. The number of nitrogens with one attached hydrogen (secondary N) is 1. The number of nitrogens with zero attached hydrogens (tertiary/aromatic N) is 2. The van der Waals surface area contributed by atoms with Crippen LogP contribution in [-0.4, -0.2) is 87.6 Å². The van der Waals surface area contributed by atoms with E-state index in [2.05, 4.69) is 5.32 Å². The Morgan fingerprint density at radius 1 is 1.00 bits per heavy atom. The summed E-state index contributed by atoms with van der Waals surface area (Å²) in [6.07, 6.45) is 9.56. The van der Waals surface area contributed by atoms with Gasteiger partial charge in [-0.05, 0) is 52.5 Å². The maximum absolute atomic E-state index is 14.6. The smallest absolute Gasteiger partial charge is 0.313 e. The van der Waals surface area contributed by atoms with E-state index < -0.39 is 53.2 Å². The molecule has 7 atom stereocenters. The van der Waals surface area contributed by atoms with Crippen molar-refractivity contribution in [2.45, 2.75) is 102 Å². The Kier molecular flexibility index (Phi) is 9.84. The monoisotopic (exact) mass is 621 g/mol. The second-order valence-electron chi connectivity index (χ2n) is 13.6. The van der Waals surface area contributed by atoms with E-state index >= 15 is 0 Å². The van der Waals surface area contributed by atoms with Gasteiger partial charge in [0.2, 0.25) is 17.7 Å². The zero-order valence-electron chi connectivity index (χ0n) is 26.8. The van der Waals surface area contributed by atoms with E-state index in [1.165, 1.54) is 0 Å². The number of cyclic esters (lactones) is 1. The summed E-state index contributed by atoms with van der Waals surface area (Å²) >= 11 is 0. The highest BCUT2D eigenvalue weighted by molar-refractivity contribution is 5.99. The Morgan fingerprint density at radius 2 is 1.73 bits per heavy atom. The largest absolute Gasteiger partial charge is 0.455 e. The molecule has 45 heavy (non-hydrogen) atoms. The van der Waals surface area contributed by atoms with E-state index in [1.54, 1.807) is 22.8 Å². The van der Waals surface area contributed by atoms with Crippen LogP contribution in [0.3, 0.4) is 0 Å². The number of hydrogen-bond acceptors (Lipinski definition) is 7. The summed E-state index contributed by atoms with van der Waals surface area (Å²) in [4.78, 5) is 59.4. The Hall–Kier alpha value is -3.50. The molecule has 0 aliphatic carbocycles. The molecule has 1 aromatic rings. The number of unbranched alkanes of at least 4 members (excludes halogenated alkanes) is 3. The van der Waals surface area contributed by atoms with Gasteiger partial charge in [0.25, 0.3) is 0 Å². The van der Waals surface area contributed by atoms with Gasteiger partial charge < -0.3 is 29.7 Å². The lowest BCUT2D eigenvalue weighted by atomic mass is 9.74. The molecular weight excluding hydrogens is 574 g/mol. The molecule has 2 fully saturated rings. The highest BCUT2D eigenvalue weighted by atomic mass is 16.6. The van der Waals surface area contributed by atoms with Gasteiger partial charge in [0.05, 0.1) is 18.1 Å². The predicted molar refractivity (Wildman–Crippen MR) is 167 cm³/mol. The molecule has 1 spiro atoms. The van der Waals surface area contributed by atoms with Crippen molar-refractivity contribution in [3.8, 4) is 0 Å². The molecule has 1 aromatic carbocycles. The van der Waals surface area contributed by atoms with Crippen LogP contribution in [0, 0.1) is 11.8 Å². The summed E-state index contributed by atoms with van der Waals surface area (Å²) in [5.74, 6) is -3.14. The zero-order valence-corrected chi connectivity index (χ0v) is 26.8. The van der Waals surface area contributed by atoms with Crippen LogP contribution in [0.2, 0.25) is 0 Å². The Bertz CT molecular complexity index is 1320. The number of aliphatic hydroxyl groups excluding tert-OH is 1. The van der Waals surface area contributed by atoms with Crippen molar-refractivity contribution in [1.29, 1.82) is 0 Å². The van der Waals surface area contributed by atoms with Crippen molar-refractivity contribution in [2.24, 2.45) is 11.8 Å². The van der Waals surface area contributed by atoms with E-state index in [0.29, 0.717) is 32.4 Å². The number of ether oxygens (including phenoxy) is 2. The lowest BCUT2D eigenvalue weighted by Crippen LogP contribution is -2.59. The molecule has 5 bridgehead atoms. The first-order valence-electron chi connectivity index (χ1n) is 16.3. The van der Waals surface area contributed by atoms with Crippen molar-refractivity contribution < 1.29 is 33.8 Å². The number of allylic oxidation sites excluding steroid dienone is 1. The van der Waals surface area contributed by atoms with Crippen LogP contribution in [0.1, 0.15) is 77.9 Å². The quantitative estimate of drug-likeness (QED) is 0.271. The minimum Gasteiger partial charge on any atom is -0.455 e. The summed E-state index contributed by atoms with van der Waals surface area (Å²) in [5.41, 5.74) is -1.15. The van der Waals surface area contributed by atoms with Gasteiger partial charge in [-0.2, -0.15) is 0 Å². The van der Waals surface area contributed by atoms with Gasteiger partial charge in [0, 0.05) is 31.7 Å². The fraction of sp³-hybridized carbons (Fsp3) is 0.600. The third kappa shape index (κ3) is 6.45. The molecule has 10 nitrogen and oxygen atoms in total. The van der Waals surface area contributed by atoms with E-state index in [1.807, 2.05) is 69.3 Å². The number of fused-ring (bicyclic) bond motifs is 2. The fourth-order valence-corrected chi connectivity index (χ4v) is 7.27. The number of hydrogen-bond donors (Lipinski definition) is 2. The van der Waals surface area contributed by atoms with Gasteiger partial charge in [0.15, 0.2) is 0 Å². The number of likely N-dealkylation sites (tertiary alicyclic amines) is 1. The van der Waals surface area contributed by atoms with Crippen molar-refractivity contribution >= 4 is 23.7 Å². The zero-order chi connectivity index (χ0) is 32.4. The second kappa shape index (κ2) is 13.5. The van der Waals surface area contributed by atoms with Gasteiger partial charge in [0.1, 0.15) is 23.7 Å². The third-order valence-electron chi connectivity index (χ3n) is 9.47. The first-order valence-corrected chi connectivity index (χ1v) is 16.3. The lowest BCUT2D eigenvalue weighted by Gasteiger charge is -2.41. The minimum atomic E-state index is -1.29. The number of esters is 1. The summed E-state index contributed by atoms with van der Waals surface area (Å²) in [6.45, 7) is 8.41. The Balaban J connectivity index is 1.55. The minimum absolute atomic E-state index is 0.110. The third-order valence-corrected chi connectivity index (χ3v) is 9.47. The molecule has 244 valence electrons. The summed E-state index contributed by atoms with van der Waals surface area (Å²) < 4.78 is 12.7. The van der Waals surface area contributed by atoms with Crippen LogP contribution in [0.25, 0.3) is 0 Å². The summed E-state index contributed by atoms with van der Waals surface area (Å²) in [5, 5.41) is 12.2. The molecule has 2 saturated heterocycles. The average Bonchev–Trinajstić information content (AvgIpc) is 3.64. The molecular formula is C35H47N3O7. The molecule has 5 rings (SSSR count). The molecule has 4 aliphatic heterocycles. The number of aliphatic hydroxyl groups is 1. The van der Waals surface area contributed by atoms with E-state index in [9.17, 15) is 24.3 Å². The van der Waals surface area contributed by atoms with Crippen molar-refractivity contribution in [3.05, 3.63) is 60.2 Å². The predicted octanol–water partition coefficient (Wildman–Crippen LogP) is 3.46. The number of benzene rings is 1. The lowest BCUT2D eigenvalue weighted by molar-refractivity contribution is -0.161. The molecule has 2 N–H and O–H groups in total. The fourth-order valence-electron chi connectivity index (χ4n) is 7.27. The molecule has 0 aromatic heterocycles. The van der Waals surface area contributed by atoms with Crippen molar-refractivity contribution in [2.75, 3.05) is 19.7 Å². The molecule has 3 amide bonds. The normalized spacial score (nSPS) is 32.9. The van der Waals surface area contributed by atoms with Crippen molar-refractivity contribution in [3.63, 3.8) is 0 Å². The number of amides is 3. The molecule has 4 heterocycles. The maximum Gasteiger partial charge on any atom is 0.313 e. The van der Waals surface area contributed by atoms with Crippen molar-refractivity contribution in [1.82, 2.24) is 15.1 Å². The average molecular weight is 622 g/mol. The topological polar surface area (TPSA) is 125 Å². The van der Waals surface area contributed by atoms with Crippen LogP contribution in [0.15, 0.2) is 54.6 Å². The van der Waals surface area contributed by atoms with Crippen LogP contribution in [-0.2, 0) is 28.7 Å². The molecule has 0 saturated carbocycles. The van der Waals surface area contributed by atoms with Crippen LogP contribution in [0.4, 0.5) is 0 Å². The van der Waals surface area contributed by atoms with Gasteiger partial charge in [-0.15, -0.1) is 0 Å². The molecule has 4 aliphatic rings. The molecule has 10 heteroatoms. The number of rotatable bonds is 7. The Morgan fingerprint density at radius 3 is 2.44 bits per heavy atom. The highest BCUT2D eigenvalue weighted by Gasteiger charge is 2.73. The second-order valence-corrected chi connectivity index (χ2v) is 13.6. The number of carbonyl (C=O) groups excluding carboxylic acids is 4. The van der Waals surface area contributed by atoms with Gasteiger partial charge in [-0.3, -0.25) is 19.2 Å². The standard InChI is InChI=1S/C35H47N3O7/c1-23-29(24-15-9-7-10-16-24)44-33(43)27-25-18-19-35(45-25)28(27)31(41)37(20-12-5-6-14-22-39)30(35)32(42)38(34(2,3)4)21-13-8-11-17-26(40)36-23/h7-10,13,15-16,18-19,23,25,27-30,39H,5-6,11-12,14,17,20-22H2,1-4H3,(H,36,40)/b13-8-/t23-,25+,27-,28-,29+,30+,35-/m1/s1. The van der Waals surface area contributed by atoms with E-state index in [-0.39, 0.29) is 30.7 Å². The van der Waals surface area contributed by atoms with Crippen LogP contribution in [0.5, 0.6) is 0 Å². The highest BCUT2D eigenvalue weighted by Crippen LogP contribution is 2.56. The summed E-state index contributed by atoms with van der Waals surface area (Å²) in [7, 11) is 0.